The summed E-state index contributed by atoms with van der Waals surface area (Å²) in [5.41, 5.74) is 2.58. The molecule has 0 spiro atoms. The van der Waals surface area contributed by atoms with Crippen LogP contribution in [0.1, 0.15) is 24.0 Å². The zero-order chi connectivity index (χ0) is 17.9. The van der Waals surface area contributed by atoms with E-state index in [1.807, 2.05) is 32.0 Å². The summed E-state index contributed by atoms with van der Waals surface area (Å²) in [6.45, 7) is 4.21. The zero-order valence-electron chi connectivity index (χ0n) is 13.5. The van der Waals surface area contributed by atoms with Crippen LogP contribution >= 0.6 is 0 Å². The standard InChI is InChI=1S/C17H19F3N2O2/c1-11-5-6-12(2)13(10-11)21-16(24)14-4-3-8-22(14)9-7-15(23)17(18,19)20/h5-7,9-10,14H,3-4,8H2,1-2H3,(H,21,24)/b9-7+. The van der Waals surface area contributed by atoms with Crippen LogP contribution in [0, 0.1) is 13.8 Å². The maximum atomic E-state index is 12.4. The molecule has 0 bridgehead atoms. The van der Waals surface area contributed by atoms with E-state index in [2.05, 4.69) is 5.32 Å². The largest absolute Gasteiger partial charge is 0.454 e. The third-order valence-corrected chi connectivity index (χ3v) is 3.94. The second kappa shape index (κ2) is 7.07. The van der Waals surface area contributed by atoms with Gasteiger partial charge in [0.15, 0.2) is 0 Å². The molecule has 0 aromatic heterocycles. The molecule has 1 aromatic carbocycles. The summed E-state index contributed by atoms with van der Waals surface area (Å²) >= 11 is 0. The van der Waals surface area contributed by atoms with Crippen LogP contribution in [0.2, 0.25) is 0 Å². The fraction of sp³-hybridized carbons (Fsp3) is 0.412. The third-order valence-electron chi connectivity index (χ3n) is 3.94. The van der Waals surface area contributed by atoms with Crippen molar-refractivity contribution in [1.82, 2.24) is 4.90 Å². The molecular formula is C17H19F3N2O2. The molecule has 1 atom stereocenters. The van der Waals surface area contributed by atoms with Gasteiger partial charge in [0.2, 0.25) is 5.91 Å². The Labute approximate surface area is 138 Å². The summed E-state index contributed by atoms with van der Waals surface area (Å²) in [6, 6.07) is 5.08. The summed E-state index contributed by atoms with van der Waals surface area (Å²) in [6.07, 6.45) is -2.15. The Morgan fingerprint density at radius 3 is 2.67 bits per heavy atom. The Morgan fingerprint density at radius 2 is 2.00 bits per heavy atom. The van der Waals surface area contributed by atoms with Gasteiger partial charge in [-0.25, -0.2) is 0 Å². The highest BCUT2D eigenvalue weighted by Crippen LogP contribution is 2.23. The van der Waals surface area contributed by atoms with Crippen LogP contribution < -0.4 is 5.32 Å². The Hall–Kier alpha value is -2.31. The lowest BCUT2D eigenvalue weighted by Gasteiger charge is -2.22. The topological polar surface area (TPSA) is 49.4 Å². The van der Waals surface area contributed by atoms with Gasteiger partial charge >= 0.3 is 6.18 Å². The van der Waals surface area contributed by atoms with Crippen LogP contribution in [-0.2, 0) is 9.59 Å². The first kappa shape index (κ1) is 18.0. The van der Waals surface area contributed by atoms with Gasteiger partial charge in [-0.2, -0.15) is 13.2 Å². The van der Waals surface area contributed by atoms with E-state index in [9.17, 15) is 22.8 Å². The van der Waals surface area contributed by atoms with Crippen molar-refractivity contribution >= 4 is 17.4 Å². The minimum atomic E-state index is -4.90. The van der Waals surface area contributed by atoms with Crippen LogP contribution in [0.4, 0.5) is 18.9 Å². The third kappa shape index (κ3) is 4.37. The monoisotopic (exact) mass is 340 g/mol. The molecule has 1 fully saturated rings. The maximum Gasteiger partial charge on any atom is 0.454 e. The van der Waals surface area contributed by atoms with Crippen LogP contribution in [0.3, 0.4) is 0 Å². The van der Waals surface area contributed by atoms with Crippen molar-refractivity contribution < 1.29 is 22.8 Å². The van der Waals surface area contributed by atoms with Crippen molar-refractivity contribution in [3.63, 3.8) is 0 Å². The number of amides is 1. The smallest absolute Gasteiger partial charge is 0.365 e. The summed E-state index contributed by atoms with van der Waals surface area (Å²) in [5.74, 6) is -2.21. The highest BCUT2D eigenvalue weighted by Gasteiger charge is 2.37. The number of halogens is 3. The zero-order valence-corrected chi connectivity index (χ0v) is 13.5. The first-order chi connectivity index (χ1) is 11.2. The quantitative estimate of drug-likeness (QED) is 0.855. The normalized spacial score (nSPS) is 18.2. The molecular weight excluding hydrogens is 321 g/mol. The number of hydrogen-bond donors (Lipinski definition) is 1. The number of aryl methyl sites for hydroxylation is 2. The minimum Gasteiger partial charge on any atom is -0.365 e. The van der Waals surface area contributed by atoms with E-state index in [1.54, 1.807) is 0 Å². The lowest BCUT2D eigenvalue weighted by Crippen LogP contribution is -2.37. The average Bonchev–Trinajstić information content (AvgIpc) is 2.96. The first-order valence-electron chi connectivity index (χ1n) is 7.61. The molecule has 1 amide bonds. The van der Waals surface area contributed by atoms with Gasteiger partial charge in [0.05, 0.1) is 0 Å². The molecule has 1 unspecified atom stereocenters. The van der Waals surface area contributed by atoms with Gasteiger partial charge in [0.1, 0.15) is 6.04 Å². The predicted molar refractivity (Wildman–Crippen MR) is 84.5 cm³/mol. The minimum absolute atomic E-state index is 0.287. The fourth-order valence-electron chi connectivity index (χ4n) is 2.59. The van der Waals surface area contributed by atoms with E-state index in [1.165, 1.54) is 4.90 Å². The van der Waals surface area contributed by atoms with Crippen LogP contribution in [0.5, 0.6) is 0 Å². The van der Waals surface area contributed by atoms with Crippen molar-refractivity contribution in [2.75, 3.05) is 11.9 Å². The number of ketones is 1. The second-order valence-electron chi connectivity index (χ2n) is 5.88. The van der Waals surface area contributed by atoms with E-state index in [4.69, 9.17) is 0 Å². The SMILES string of the molecule is Cc1ccc(C)c(NC(=O)C2CCCN2/C=C/C(=O)C(F)(F)F)c1. The number of benzene rings is 1. The molecule has 0 aliphatic carbocycles. The number of nitrogens with zero attached hydrogens (tertiary/aromatic N) is 1. The summed E-state index contributed by atoms with van der Waals surface area (Å²) < 4.78 is 36.7. The number of carbonyl (C=O) groups excluding carboxylic acids is 2. The number of likely N-dealkylation sites (tertiary alicyclic amines) is 1. The van der Waals surface area contributed by atoms with Gasteiger partial charge in [-0.1, -0.05) is 12.1 Å². The number of rotatable bonds is 4. The van der Waals surface area contributed by atoms with E-state index in [-0.39, 0.29) is 5.91 Å². The Bertz CT molecular complexity index is 668. The summed E-state index contributed by atoms with van der Waals surface area (Å²) in [4.78, 5) is 24.8. The van der Waals surface area contributed by atoms with Crippen molar-refractivity contribution in [1.29, 1.82) is 0 Å². The molecule has 1 saturated heterocycles. The number of nitrogens with one attached hydrogen (secondary N) is 1. The van der Waals surface area contributed by atoms with Crippen LogP contribution in [-0.4, -0.2) is 35.4 Å². The molecule has 1 aromatic rings. The van der Waals surface area contributed by atoms with E-state index in [0.29, 0.717) is 31.1 Å². The first-order valence-corrected chi connectivity index (χ1v) is 7.61. The molecule has 1 heterocycles. The Kier molecular flexibility index (Phi) is 5.31. The average molecular weight is 340 g/mol. The van der Waals surface area contributed by atoms with Gasteiger partial charge in [-0.15, -0.1) is 0 Å². The molecule has 130 valence electrons. The lowest BCUT2D eigenvalue weighted by atomic mass is 10.1. The molecule has 24 heavy (non-hydrogen) atoms. The summed E-state index contributed by atoms with van der Waals surface area (Å²) in [5, 5.41) is 2.82. The van der Waals surface area contributed by atoms with Crippen LogP contribution in [0.15, 0.2) is 30.5 Å². The van der Waals surface area contributed by atoms with Crippen molar-refractivity contribution in [3.8, 4) is 0 Å². The van der Waals surface area contributed by atoms with Gasteiger partial charge in [-0.05, 0) is 43.9 Å². The number of anilines is 1. The number of carbonyl (C=O) groups is 2. The van der Waals surface area contributed by atoms with Crippen molar-refractivity contribution in [2.45, 2.75) is 38.9 Å². The van der Waals surface area contributed by atoms with Crippen LogP contribution in [0.25, 0.3) is 0 Å². The second-order valence-corrected chi connectivity index (χ2v) is 5.88. The summed E-state index contributed by atoms with van der Waals surface area (Å²) in [7, 11) is 0. The molecule has 1 aliphatic rings. The predicted octanol–water partition coefficient (Wildman–Crippen LogP) is 3.35. The molecule has 4 nitrogen and oxygen atoms in total. The van der Waals surface area contributed by atoms with Crippen molar-refractivity contribution in [2.24, 2.45) is 0 Å². The van der Waals surface area contributed by atoms with Gasteiger partial charge < -0.3 is 10.2 Å². The highest BCUT2D eigenvalue weighted by molar-refractivity contribution is 5.96. The lowest BCUT2D eigenvalue weighted by molar-refractivity contribution is -0.165. The molecule has 0 radical (unpaired) electrons. The maximum absolute atomic E-state index is 12.4. The Morgan fingerprint density at radius 1 is 1.29 bits per heavy atom. The van der Waals surface area contributed by atoms with E-state index in [0.717, 1.165) is 17.3 Å². The number of hydrogen-bond acceptors (Lipinski definition) is 3. The van der Waals surface area contributed by atoms with Gasteiger partial charge in [-0.3, -0.25) is 9.59 Å². The molecule has 1 aliphatic heterocycles. The van der Waals surface area contributed by atoms with Gasteiger partial charge in [0, 0.05) is 24.5 Å². The van der Waals surface area contributed by atoms with Crippen molar-refractivity contribution in [3.05, 3.63) is 41.6 Å². The molecule has 1 N–H and O–H groups in total. The molecule has 0 saturated carbocycles. The number of allylic oxidation sites excluding steroid dienone is 1. The fourth-order valence-corrected chi connectivity index (χ4v) is 2.59. The highest BCUT2D eigenvalue weighted by atomic mass is 19.4. The Balaban J connectivity index is 2.07. The molecule has 7 heteroatoms. The van der Waals surface area contributed by atoms with E-state index < -0.39 is 18.0 Å². The molecule has 2 rings (SSSR count). The number of alkyl halides is 3. The van der Waals surface area contributed by atoms with E-state index >= 15 is 0 Å². The van der Waals surface area contributed by atoms with Gasteiger partial charge in [0.25, 0.3) is 5.78 Å².